The van der Waals surface area contributed by atoms with Crippen molar-refractivity contribution in [3.63, 3.8) is 0 Å². The quantitative estimate of drug-likeness (QED) is 0.570. The number of hydrogen-bond acceptors (Lipinski definition) is 2. The monoisotopic (exact) mass is 227 g/mol. The van der Waals surface area contributed by atoms with Crippen LogP contribution in [0, 0.1) is 6.92 Å². The fraction of sp³-hybridized carbons (Fsp3) is 0.429. The van der Waals surface area contributed by atoms with E-state index < -0.39 is 0 Å². The molecule has 0 atom stereocenters. The second-order valence-corrected chi connectivity index (χ2v) is 4.76. The number of carbonyl (C=O) groups excluding carboxylic acids is 2. The Kier molecular flexibility index (Phi) is 3.46. The van der Waals surface area contributed by atoms with Gasteiger partial charge in [-0.1, -0.05) is 36.0 Å². The van der Waals surface area contributed by atoms with E-state index in [0.29, 0.717) is 12.8 Å². The molecule has 1 fully saturated rings. The predicted octanol–water partition coefficient (Wildman–Crippen LogP) is 1.78. The van der Waals surface area contributed by atoms with Crippen LogP contribution in [0.15, 0.2) is 18.2 Å². The largest absolute Gasteiger partial charge is 0.299 e. The molecule has 0 spiro atoms. The molecular formula is C14H16BO2. The highest BCUT2D eigenvalue weighted by Crippen LogP contribution is 2.29. The molecule has 1 radical (unpaired) electrons. The lowest BCUT2D eigenvalue weighted by Crippen LogP contribution is -2.22. The Balaban J connectivity index is 2.25. The second kappa shape index (κ2) is 4.86. The highest BCUT2D eigenvalue weighted by molar-refractivity contribution is 6.52. The third-order valence-corrected chi connectivity index (χ3v) is 3.42. The Morgan fingerprint density at radius 1 is 1.18 bits per heavy atom. The Bertz CT molecular complexity index is 449. The third kappa shape index (κ3) is 2.66. The summed E-state index contributed by atoms with van der Waals surface area (Å²) in [5, 5.41) is 0. The molecule has 0 unspecified atom stereocenters. The highest BCUT2D eigenvalue weighted by atomic mass is 16.1. The third-order valence-electron chi connectivity index (χ3n) is 3.42. The zero-order chi connectivity index (χ0) is 12.4. The lowest BCUT2D eigenvalue weighted by atomic mass is 9.70. The van der Waals surface area contributed by atoms with Gasteiger partial charge >= 0.3 is 0 Å². The maximum Gasteiger partial charge on any atom is 0.148 e. The Morgan fingerprint density at radius 2 is 1.82 bits per heavy atom. The van der Waals surface area contributed by atoms with Crippen LogP contribution in [0.4, 0.5) is 0 Å². The molecule has 3 heteroatoms. The molecule has 0 bridgehead atoms. The molecule has 0 aliphatic heterocycles. The van der Waals surface area contributed by atoms with E-state index in [-0.39, 0.29) is 23.9 Å². The zero-order valence-corrected chi connectivity index (χ0v) is 10.3. The number of ketones is 2. The summed E-state index contributed by atoms with van der Waals surface area (Å²) in [5.74, 6) is 0.249. The molecule has 0 amide bonds. The second-order valence-electron chi connectivity index (χ2n) is 4.76. The van der Waals surface area contributed by atoms with Gasteiger partial charge in [-0.2, -0.15) is 0 Å². The van der Waals surface area contributed by atoms with Crippen LogP contribution in [-0.4, -0.2) is 18.8 Å². The van der Waals surface area contributed by atoms with Crippen LogP contribution in [0.3, 0.4) is 0 Å². The van der Waals surface area contributed by atoms with E-state index >= 15 is 0 Å². The Morgan fingerprint density at radius 3 is 2.35 bits per heavy atom. The topological polar surface area (TPSA) is 34.1 Å². The van der Waals surface area contributed by atoms with Crippen LogP contribution < -0.4 is 5.46 Å². The van der Waals surface area contributed by atoms with Crippen molar-refractivity contribution in [1.29, 1.82) is 0 Å². The van der Waals surface area contributed by atoms with Crippen LogP contribution in [0.5, 0.6) is 0 Å². The summed E-state index contributed by atoms with van der Waals surface area (Å²) in [6, 6.07) is 6.21. The van der Waals surface area contributed by atoms with Gasteiger partial charge in [0.25, 0.3) is 0 Å². The van der Waals surface area contributed by atoms with E-state index in [1.165, 1.54) is 11.0 Å². The van der Waals surface area contributed by atoms with E-state index in [1.807, 2.05) is 12.9 Å². The number of benzene rings is 1. The van der Waals surface area contributed by atoms with Gasteiger partial charge in [-0.15, -0.1) is 0 Å². The van der Waals surface area contributed by atoms with Gasteiger partial charge in [0.2, 0.25) is 0 Å². The molecule has 87 valence electrons. The number of carbonyl (C=O) groups is 2. The highest BCUT2D eigenvalue weighted by Gasteiger charge is 2.26. The maximum absolute atomic E-state index is 11.4. The molecule has 1 aromatic carbocycles. The minimum atomic E-state index is 0.0787. The van der Waals surface area contributed by atoms with Crippen molar-refractivity contribution < 1.29 is 9.59 Å². The van der Waals surface area contributed by atoms with E-state index in [0.717, 1.165) is 5.56 Å². The van der Waals surface area contributed by atoms with Crippen LogP contribution in [0.1, 0.15) is 36.3 Å². The van der Waals surface area contributed by atoms with Crippen LogP contribution in [-0.2, 0) is 9.59 Å². The summed E-state index contributed by atoms with van der Waals surface area (Å²) in [4.78, 5) is 22.9. The standard InChI is InChI=1S/C14H16BO2/c1-9-5-10(3-4-14(9)15-2)11-6-12(16)8-13(17)7-11/h3-5,11H,6-8H2,1-2H3. The lowest BCUT2D eigenvalue weighted by molar-refractivity contribution is -0.130. The molecule has 1 saturated carbocycles. The molecule has 2 nitrogen and oxygen atoms in total. The Labute approximate surface area is 103 Å². The molecule has 0 aromatic heterocycles. The van der Waals surface area contributed by atoms with Crippen molar-refractivity contribution in [2.24, 2.45) is 0 Å². The van der Waals surface area contributed by atoms with Crippen LogP contribution in [0.25, 0.3) is 0 Å². The van der Waals surface area contributed by atoms with E-state index in [2.05, 4.69) is 26.3 Å². The maximum atomic E-state index is 11.4. The fourth-order valence-corrected chi connectivity index (χ4v) is 2.50. The van der Waals surface area contributed by atoms with Gasteiger partial charge in [-0.25, -0.2) is 0 Å². The smallest absolute Gasteiger partial charge is 0.148 e. The molecule has 2 rings (SSSR count). The molecule has 0 heterocycles. The molecule has 1 aromatic rings. The van der Waals surface area contributed by atoms with E-state index in [9.17, 15) is 9.59 Å². The van der Waals surface area contributed by atoms with Crippen molar-refractivity contribution in [1.82, 2.24) is 0 Å². The minimum absolute atomic E-state index is 0.0787. The zero-order valence-electron chi connectivity index (χ0n) is 10.3. The molecular weight excluding hydrogens is 211 g/mol. The first-order valence-corrected chi connectivity index (χ1v) is 6.03. The van der Waals surface area contributed by atoms with Gasteiger partial charge in [-0.3, -0.25) is 9.59 Å². The number of hydrogen-bond donors (Lipinski definition) is 0. The molecule has 17 heavy (non-hydrogen) atoms. The number of Topliss-reactive ketones (excluding diaryl/α,β-unsaturated/α-hetero) is 2. The SMILES string of the molecule is C[B]c1ccc(C2CC(=O)CC(=O)C2)cc1C. The summed E-state index contributed by atoms with van der Waals surface area (Å²) in [7, 11) is 2.07. The summed E-state index contributed by atoms with van der Waals surface area (Å²) in [6.07, 6.45) is 1.16. The van der Waals surface area contributed by atoms with Gasteiger partial charge in [0.15, 0.2) is 0 Å². The summed E-state index contributed by atoms with van der Waals surface area (Å²) < 4.78 is 0. The Hall–Kier alpha value is -1.38. The van der Waals surface area contributed by atoms with Crippen molar-refractivity contribution >= 4 is 24.3 Å². The molecule has 1 aliphatic carbocycles. The molecule has 1 aliphatic rings. The normalized spacial score (nSPS) is 17.3. The van der Waals surface area contributed by atoms with Gasteiger partial charge in [0.1, 0.15) is 18.8 Å². The summed E-state index contributed by atoms with van der Waals surface area (Å²) >= 11 is 0. The fourth-order valence-electron chi connectivity index (χ4n) is 2.50. The van der Waals surface area contributed by atoms with Gasteiger partial charge in [0, 0.05) is 12.8 Å². The van der Waals surface area contributed by atoms with Gasteiger partial charge in [-0.05, 0) is 18.4 Å². The minimum Gasteiger partial charge on any atom is -0.299 e. The van der Waals surface area contributed by atoms with Crippen LogP contribution >= 0.6 is 0 Å². The van der Waals surface area contributed by atoms with E-state index in [4.69, 9.17) is 0 Å². The van der Waals surface area contributed by atoms with Crippen LogP contribution in [0.2, 0.25) is 6.82 Å². The number of aryl methyl sites for hydroxylation is 1. The predicted molar refractivity (Wildman–Crippen MR) is 69.0 cm³/mol. The summed E-state index contributed by atoms with van der Waals surface area (Å²) in [6.45, 7) is 4.07. The average molecular weight is 227 g/mol. The first-order valence-electron chi connectivity index (χ1n) is 6.03. The lowest BCUT2D eigenvalue weighted by Gasteiger charge is -2.21. The van der Waals surface area contributed by atoms with Gasteiger partial charge < -0.3 is 0 Å². The van der Waals surface area contributed by atoms with Crippen molar-refractivity contribution in [3.05, 3.63) is 29.3 Å². The van der Waals surface area contributed by atoms with Crippen molar-refractivity contribution in [2.75, 3.05) is 0 Å². The van der Waals surface area contributed by atoms with Gasteiger partial charge in [0.05, 0.1) is 6.42 Å². The van der Waals surface area contributed by atoms with E-state index in [1.54, 1.807) is 0 Å². The number of rotatable bonds is 2. The molecule has 0 N–H and O–H groups in total. The molecule has 0 saturated heterocycles. The van der Waals surface area contributed by atoms with Crippen molar-refractivity contribution in [3.8, 4) is 0 Å². The first kappa shape index (κ1) is 12.1. The summed E-state index contributed by atoms with van der Waals surface area (Å²) in [5.41, 5.74) is 3.53. The average Bonchev–Trinajstić information content (AvgIpc) is 2.27. The van der Waals surface area contributed by atoms with Crippen molar-refractivity contribution in [2.45, 2.75) is 38.9 Å². The first-order chi connectivity index (χ1) is 8.10.